The number of halogens is 1. The Morgan fingerprint density at radius 3 is 2.61 bits per heavy atom. The van der Waals surface area contributed by atoms with Crippen LogP contribution in [0.2, 0.25) is 5.02 Å². The van der Waals surface area contributed by atoms with Gasteiger partial charge in [0.1, 0.15) is 0 Å². The minimum Gasteiger partial charge on any atom is -0.355 e. The van der Waals surface area contributed by atoms with E-state index < -0.39 is 0 Å². The van der Waals surface area contributed by atoms with Gasteiger partial charge in [0, 0.05) is 16.5 Å². The Morgan fingerprint density at radius 2 is 2.00 bits per heavy atom. The Balaban J connectivity index is 2.33. The predicted molar refractivity (Wildman–Crippen MR) is 78.3 cm³/mol. The Labute approximate surface area is 118 Å². The highest BCUT2D eigenvalue weighted by Crippen LogP contribution is 2.24. The molecular weight excluding hydrogens is 268 g/mol. The summed E-state index contributed by atoms with van der Waals surface area (Å²) < 4.78 is 0. The second kappa shape index (κ2) is 8.40. The summed E-state index contributed by atoms with van der Waals surface area (Å²) >= 11 is 7.35. The molecule has 1 amide bonds. The number of carbonyl (C=O) groups excluding carboxylic acids is 1. The maximum atomic E-state index is 11.8. The molecule has 0 aliphatic carbocycles. The van der Waals surface area contributed by atoms with Crippen LogP contribution in [0.4, 0.5) is 0 Å². The molecule has 0 saturated carbocycles. The predicted octanol–water partition coefficient (Wildman–Crippen LogP) is 2.55. The lowest BCUT2D eigenvalue weighted by Gasteiger charge is -2.11. The molecule has 18 heavy (non-hydrogen) atoms. The van der Waals surface area contributed by atoms with Crippen molar-refractivity contribution in [2.45, 2.75) is 23.5 Å². The van der Waals surface area contributed by atoms with Crippen molar-refractivity contribution in [3.05, 3.63) is 29.3 Å². The zero-order valence-electron chi connectivity index (χ0n) is 10.7. The molecular formula is C13H19ClN2OS. The molecule has 5 heteroatoms. The summed E-state index contributed by atoms with van der Waals surface area (Å²) in [4.78, 5) is 12.9. The lowest BCUT2D eigenvalue weighted by Crippen LogP contribution is -2.32. The van der Waals surface area contributed by atoms with Crippen molar-refractivity contribution >= 4 is 29.3 Å². The van der Waals surface area contributed by atoms with Crippen LogP contribution < -0.4 is 10.6 Å². The first-order valence-corrected chi connectivity index (χ1v) is 7.24. The fourth-order valence-electron chi connectivity index (χ4n) is 1.39. The molecule has 0 aromatic heterocycles. The summed E-state index contributed by atoms with van der Waals surface area (Å²) in [6.45, 7) is 3.54. The van der Waals surface area contributed by atoms with Crippen molar-refractivity contribution in [3.63, 3.8) is 0 Å². The first-order chi connectivity index (χ1) is 8.63. The summed E-state index contributed by atoms with van der Waals surface area (Å²) in [7, 11) is 1.90. The van der Waals surface area contributed by atoms with Crippen LogP contribution in [0.5, 0.6) is 0 Å². The largest absolute Gasteiger partial charge is 0.355 e. The number of hydrogen-bond acceptors (Lipinski definition) is 3. The minimum absolute atomic E-state index is 0.0750. The summed E-state index contributed by atoms with van der Waals surface area (Å²) in [5.74, 6) is 0.0750. The Morgan fingerprint density at radius 1 is 1.33 bits per heavy atom. The van der Waals surface area contributed by atoms with Gasteiger partial charge in [-0.3, -0.25) is 4.79 Å². The van der Waals surface area contributed by atoms with Crippen LogP contribution in [0, 0.1) is 0 Å². The van der Waals surface area contributed by atoms with Crippen LogP contribution >= 0.6 is 23.4 Å². The highest BCUT2D eigenvalue weighted by molar-refractivity contribution is 8.00. The van der Waals surface area contributed by atoms with Gasteiger partial charge in [-0.1, -0.05) is 11.6 Å². The zero-order valence-corrected chi connectivity index (χ0v) is 12.3. The molecule has 100 valence electrons. The number of hydrogen-bond donors (Lipinski definition) is 2. The molecule has 0 aliphatic rings. The molecule has 3 nitrogen and oxygen atoms in total. The number of rotatable bonds is 7. The number of benzene rings is 1. The van der Waals surface area contributed by atoms with E-state index in [0.29, 0.717) is 11.6 Å². The van der Waals surface area contributed by atoms with E-state index in [9.17, 15) is 4.79 Å². The molecule has 0 heterocycles. The van der Waals surface area contributed by atoms with Crippen LogP contribution in [-0.2, 0) is 4.79 Å². The number of carbonyl (C=O) groups is 1. The second-order valence-corrected chi connectivity index (χ2v) is 5.81. The van der Waals surface area contributed by atoms with Gasteiger partial charge in [-0.25, -0.2) is 0 Å². The van der Waals surface area contributed by atoms with Crippen molar-refractivity contribution in [3.8, 4) is 0 Å². The quantitative estimate of drug-likeness (QED) is 0.598. The maximum absolute atomic E-state index is 11.8. The third-order valence-electron chi connectivity index (χ3n) is 2.40. The monoisotopic (exact) mass is 286 g/mol. The number of nitrogens with one attached hydrogen (secondary N) is 2. The van der Waals surface area contributed by atoms with E-state index in [2.05, 4.69) is 10.6 Å². The lowest BCUT2D eigenvalue weighted by atomic mass is 10.4. The minimum atomic E-state index is -0.0965. The zero-order chi connectivity index (χ0) is 13.4. The molecule has 0 bridgehead atoms. The molecule has 1 aromatic rings. The Bertz CT molecular complexity index is 370. The summed E-state index contributed by atoms with van der Waals surface area (Å²) in [5, 5.41) is 6.58. The van der Waals surface area contributed by atoms with Crippen LogP contribution in [0.25, 0.3) is 0 Å². The molecule has 2 N–H and O–H groups in total. The molecule has 0 radical (unpaired) electrons. The van der Waals surface area contributed by atoms with Gasteiger partial charge in [0.15, 0.2) is 0 Å². The number of thioether (sulfide) groups is 1. The molecule has 0 fully saturated rings. The van der Waals surface area contributed by atoms with Gasteiger partial charge in [-0.2, -0.15) is 0 Å². The van der Waals surface area contributed by atoms with Gasteiger partial charge >= 0.3 is 0 Å². The van der Waals surface area contributed by atoms with Gasteiger partial charge in [0.2, 0.25) is 5.91 Å². The molecule has 0 aliphatic heterocycles. The van der Waals surface area contributed by atoms with Crippen molar-refractivity contribution in [1.29, 1.82) is 0 Å². The van der Waals surface area contributed by atoms with Crippen molar-refractivity contribution < 1.29 is 4.79 Å². The second-order valence-electron chi connectivity index (χ2n) is 3.96. The molecule has 1 aromatic carbocycles. The van der Waals surface area contributed by atoms with E-state index in [1.54, 1.807) is 0 Å². The standard InChI is InChI=1S/C13H19ClN2OS/c1-10(13(17)16-9-3-8-15-2)18-12-6-4-11(14)5-7-12/h4-7,10,15H,3,8-9H2,1-2H3,(H,16,17). The van der Waals surface area contributed by atoms with E-state index in [-0.39, 0.29) is 11.2 Å². The summed E-state index contributed by atoms with van der Waals surface area (Å²) in [6, 6.07) is 7.53. The fraction of sp³-hybridized carbons (Fsp3) is 0.462. The van der Waals surface area contributed by atoms with E-state index in [0.717, 1.165) is 17.9 Å². The normalized spacial score (nSPS) is 12.2. The smallest absolute Gasteiger partial charge is 0.233 e. The van der Waals surface area contributed by atoms with E-state index in [1.807, 2.05) is 38.2 Å². The van der Waals surface area contributed by atoms with Crippen molar-refractivity contribution in [2.24, 2.45) is 0 Å². The Hall–Kier alpha value is -0.710. The third-order valence-corrected chi connectivity index (χ3v) is 3.76. The average molecular weight is 287 g/mol. The van der Waals surface area contributed by atoms with Crippen molar-refractivity contribution in [1.82, 2.24) is 10.6 Å². The van der Waals surface area contributed by atoms with Gasteiger partial charge in [-0.05, 0) is 51.2 Å². The SMILES string of the molecule is CNCCCNC(=O)C(C)Sc1ccc(Cl)cc1. The fourth-order valence-corrected chi connectivity index (χ4v) is 2.41. The van der Waals surface area contributed by atoms with Crippen LogP contribution in [0.15, 0.2) is 29.2 Å². The van der Waals surface area contributed by atoms with Gasteiger partial charge in [0.25, 0.3) is 0 Å². The Kier molecular flexibility index (Phi) is 7.16. The van der Waals surface area contributed by atoms with Crippen LogP contribution in [0.1, 0.15) is 13.3 Å². The molecule has 1 atom stereocenters. The molecule has 0 saturated heterocycles. The van der Waals surface area contributed by atoms with Gasteiger partial charge < -0.3 is 10.6 Å². The molecule has 1 unspecified atom stereocenters. The van der Waals surface area contributed by atoms with E-state index in [4.69, 9.17) is 11.6 Å². The van der Waals surface area contributed by atoms with E-state index >= 15 is 0 Å². The third kappa shape index (κ3) is 5.76. The van der Waals surface area contributed by atoms with E-state index in [1.165, 1.54) is 11.8 Å². The number of amides is 1. The summed E-state index contributed by atoms with van der Waals surface area (Å²) in [6.07, 6.45) is 0.945. The van der Waals surface area contributed by atoms with Crippen LogP contribution in [0.3, 0.4) is 0 Å². The molecule has 1 rings (SSSR count). The first kappa shape index (κ1) is 15.3. The lowest BCUT2D eigenvalue weighted by molar-refractivity contribution is -0.120. The van der Waals surface area contributed by atoms with Gasteiger partial charge in [0.05, 0.1) is 5.25 Å². The highest BCUT2D eigenvalue weighted by atomic mass is 35.5. The topological polar surface area (TPSA) is 41.1 Å². The summed E-state index contributed by atoms with van der Waals surface area (Å²) in [5.41, 5.74) is 0. The molecule has 0 spiro atoms. The first-order valence-electron chi connectivity index (χ1n) is 5.98. The van der Waals surface area contributed by atoms with Gasteiger partial charge in [-0.15, -0.1) is 11.8 Å². The van der Waals surface area contributed by atoms with Crippen LogP contribution in [-0.4, -0.2) is 31.3 Å². The average Bonchev–Trinajstić information content (AvgIpc) is 2.37. The highest BCUT2D eigenvalue weighted by Gasteiger charge is 2.13. The van der Waals surface area contributed by atoms with Crippen molar-refractivity contribution in [2.75, 3.05) is 20.1 Å². The maximum Gasteiger partial charge on any atom is 0.233 e.